The number of aromatic amines is 1. The van der Waals surface area contributed by atoms with Crippen molar-refractivity contribution in [2.45, 2.75) is 31.6 Å². The van der Waals surface area contributed by atoms with Gasteiger partial charge in [0.1, 0.15) is 5.69 Å². The third-order valence-corrected chi connectivity index (χ3v) is 4.76. The summed E-state index contributed by atoms with van der Waals surface area (Å²) in [5, 5.41) is 1.36. The van der Waals surface area contributed by atoms with E-state index in [0.29, 0.717) is 30.8 Å². The third kappa shape index (κ3) is 2.72. The highest BCUT2D eigenvalue weighted by Crippen LogP contribution is 2.26. The number of hydrogen-bond acceptors (Lipinski definition) is 4. The summed E-state index contributed by atoms with van der Waals surface area (Å²) in [6.07, 6.45) is 2.49. The molecule has 2 aliphatic heterocycles. The van der Waals surface area contributed by atoms with E-state index in [-0.39, 0.29) is 23.8 Å². The van der Waals surface area contributed by atoms with Crippen LogP contribution in [0.4, 0.5) is 0 Å². The van der Waals surface area contributed by atoms with Crippen molar-refractivity contribution in [3.05, 3.63) is 46.4 Å². The van der Waals surface area contributed by atoms with Crippen molar-refractivity contribution < 1.29 is 14.3 Å². The molecule has 2 saturated heterocycles. The number of amides is 1. The standard InChI is InChI=1S/C18H20N2O4/c21-16-13-6-2-1-5-12(13)11-14(19-16)17(22)20-8-4-3-7-15(20)18-23-9-10-24-18/h1-2,5-6,11,15,18H,3-4,7-10H2,(H,19,21). The van der Waals surface area contributed by atoms with Crippen LogP contribution in [0.2, 0.25) is 0 Å². The first-order valence-corrected chi connectivity index (χ1v) is 8.40. The summed E-state index contributed by atoms with van der Waals surface area (Å²) < 4.78 is 11.2. The molecule has 0 spiro atoms. The van der Waals surface area contributed by atoms with Gasteiger partial charge in [0, 0.05) is 11.9 Å². The summed E-state index contributed by atoms with van der Waals surface area (Å²) in [5.74, 6) is -0.165. The van der Waals surface area contributed by atoms with Crippen molar-refractivity contribution in [1.29, 1.82) is 0 Å². The molecule has 6 nitrogen and oxygen atoms in total. The van der Waals surface area contributed by atoms with Crippen molar-refractivity contribution in [1.82, 2.24) is 9.88 Å². The second kappa shape index (κ2) is 6.37. The molecule has 0 saturated carbocycles. The summed E-state index contributed by atoms with van der Waals surface area (Å²) in [7, 11) is 0. The maximum Gasteiger partial charge on any atom is 0.270 e. The average Bonchev–Trinajstić information content (AvgIpc) is 3.15. The van der Waals surface area contributed by atoms with Crippen LogP contribution in [0.25, 0.3) is 10.8 Å². The number of ether oxygens (including phenoxy) is 2. The number of rotatable bonds is 2. The SMILES string of the molecule is O=C(c1cc2ccccc2c(=O)[nH]1)N1CCCCC1C1OCCO1. The smallest absolute Gasteiger partial charge is 0.270 e. The molecule has 1 aromatic heterocycles. The Balaban J connectivity index is 1.67. The van der Waals surface area contributed by atoms with Crippen LogP contribution in [0.3, 0.4) is 0 Å². The van der Waals surface area contributed by atoms with Gasteiger partial charge in [-0.1, -0.05) is 18.2 Å². The highest BCUT2D eigenvalue weighted by molar-refractivity contribution is 5.96. The second-order valence-corrected chi connectivity index (χ2v) is 6.27. The summed E-state index contributed by atoms with van der Waals surface area (Å²) in [5.41, 5.74) is 0.0852. The van der Waals surface area contributed by atoms with Crippen LogP contribution >= 0.6 is 0 Å². The number of benzene rings is 1. The van der Waals surface area contributed by atoms with Crippen molar-refractivity contribution >= 4 is 16.7 Å². The van der Waals surface area contributed by atoms with Gasteiger partial charge in [-0.15, -0.1) is 0 Å². The number of H-pyrrole nitrogens is 1. The van der Waals surface area contributed by atoms with E-state index >= 15 is 0 Å². The highest BCUT2D eigenvalue weighted by atomic mass is 16.7. The molecular weight excluding hydrogens is 308 g/mol. The van der Waals surface area contributed by atoms with Gasteiger partial charge in [-0.25, -0.2) is 0 Å². The Bertz CT molecular complexity index is 810. The number of pyridine rings is 1. The maximum atomic E-state index is 13.0. The zero-order valence-corrected chi connectivity index (χ0v) is 13.4. The molecule has 1 atom stereocenters. The molecule has 2 fully saturated rings. The molecule has 1 N–H and O–H groups in total. The Kier molecular flexibility index (Phi) is 4.08. The number of likely N-dealkylation sites (tertiary alicyclic amines) is 1. The normalized spacial score (nSPS) is 22.2. The lowest BCUT2D eigenvalue weighted by Gasteiger charge is -2.37. The summed E-state index contributed by atoms with van der Waals surface area (Å²) in [4.78, 5) is 29.8. The van der Waals surface area contributed by atoms with Crippen LogP contribution in [0.5, 0.6) is 0 Å². The topological polar surface area (TPSA) is 71.6 Å². The van der Waals surface area contributed by atoms with E-state index in [2.05, 4.69) is 4.98 Å². The number of piperidine rings is 1. The molecule has 1 amide bonds. The molecule has 0 bridgehead atoms. The summed E-state index contributed by atoms with van der Waals surface area (Å²) in [6.45, 7) is 1.79. The van der Waals surface area contributed by atoms with E-state index in [1.165, 1.54) is 0 Å². The van der Waals surface area contributed by atoms with Gasteiger partial charge < -0.3 is 19.4 Å². The molecular formula is C18H20N2O4. The number of nitrogens with one attached hydrogen (secondary N) is 1. The monoisotopic (exact) mass is 328 g/mol. The molecule has 4 rings (SSSR count). The van der Waals surface area contributed by atoms with Gasteiger partial charge in [-0.2, -0.15) is 0 Å². The fourth-order valence-electron chi connectivity index (χ4n) is 3.57. The molecule has 126 valence electrons. The van der Waals surface area contributed by atoms with Crippen LogP contribution in [0.1, 0.15) is 29.8 Å². The van der Waals surface area contributed by atoms with E-state index in [9.17, 15) is 9.59 Å². The molecule has 6 heteroatoms. The minimum absolute atomic E-state index is 0.0938. The van der Waals surface area contributed by atoms with Gasteiger partial charge in [0.25, 0.3) is 11.5 Å². The predicted octanol–water partition coefficient (Wildman–Crippen LogP) is 1.90. The molecule has 0 aliphatic carbocycles. The summed E-state index contributed by atoms with van der Waals surface area (Å²) >= 11 is 0. The second-order valence-electron chi connectivity index (χ2n) is 6.27. The lowest BCUT2D eigenvalue weighted by molar-refractivity contribution is -0.100. The number of carbonyl (C=O) groups excluding carboxylic acids is 1. The third-order valence-electron chi connectivity index (χ3n) is 4.76. The number of fused-ring (bicyclic) bond motifs is 1. The first-order valence-electron chi connectivity index (χ1n) is 8.40. The van der Waals surface area contributed by atoms with Crippen LogP contribution in [-0.2, 0) is 9.47 Å². The molecule has 3 heterocycles. The van der Waals surface area contributed by atoms with Gasteiger partial charge in [0.2, 0.25) is 0 Å². The number of carbonyl (C=O) groups is 1. The van der Waals surface area contributed by atoms with Gasteiger partial charge >= 0.3 is 0 Å². The number of hydrogen-bond donors (Lipinski definition) is 1. The Morgan fingerprint density at radius 2 is 1.96 bits per heavy atom. The summed E-state index contributed by atoms with van der Waals surface area (Å²) in [6, 6.07) is 8.93. The number of nitrogens with zero attached hydrogens (tertiary/aromatic N) is 1. The zero-order valence-electron chi connectivity index (χ0n) is 13.4. The molecule has 24 heavy (non-hydrogen) atoms. The fourth-order valence-corrected chi connectivity index (χ4v) is 3.57. The maximum absolute atomic E-state index is 13.0. The Labute approximate surface area is 139 Å². The molecule has 2 aliphatic rings. The lowest BCUT2D eigenvalue weighted by Crippen LogP contribution is -2.50. The largest absolute Gasteiger partial charge is 0.348 e. The van der Waals surface area contributed by atoms with Crippen molar-refractivity contribution in [3.63, 3.8) is 0 Å². The molecule has 1 unspecified atom stereocenters. The van der Waals surface area contributed by atoms with Crippen molar-refractivity contribution in [2.75, 3.05) is 19.8 Å². The van der Waals surface area contributed by atoms with E-state index < -0.39 is 0 Å². The first kappa shape index (κ1) is 15.4. The fraction of sp³-hybridized carbons (Fsp3) is 0.444. The van der Waals surface area contributed by atoms with Gasteiger partial charge in [-0.3, -0.25) is 9.59 Å². The predicted molar refractivity (Wildman–Crippen MR) is 88.9 cm³/mol. The van der Waals surface area contributed by atoms with E-state index in [1.807, 2.05) is 18.2 Å². The van der Waals surface area contributed by atoms with Crippen molar-refractivity contribution in [2.24, 2.45) is 0 Å². The van der Waals surface area contributed by atoms with Gasteiger partial charge in [0.15, 0.2) is 6.29 Å². The van der Waals surface area contributed by atoms with E-state index in [4.69, 9.17) is 9.47 Å². The van der Waals surface area contributed by atoms with E-state index in [0.717, 1.165) is 24.6 Å². The van der Waals surface area contributed by atoms with Crippen LogP contribution < -0.4 is 5.56 Å². The first-order chi connectivity index (χ1) is 11.7. The Morgan fingerprint density at radius 3 is 2.79 bits per heavy atom. The van der Waals surface area contributed by atoms with Gasteiger partial charge in [-0.05, 0) is 36.8 Å². The quantitative estimate of drug-likeness (QED) is 0.914. The molecule has 0 radical (unpaired) electrons. The number of aromatic nitrogens is 1. The van der Waals surface area contributed by atoms with E-state index in [1.54, 1.807) is 17.0 Å². The molecule has 2 aromatic rings. The minimum Gasteiger partial charge on any atom is -0.348 e. The van der Waals surface area contributed by atoms with Crippen LogP contribution in [0.15, 0.2) is 35.1 Å². The molecule has 1 aromatic carbocycles. The highest BCUT2D eigenvalue weighted by Gasteiger charge is 2.36. The van der Waals surface area contributed by atoms with Crippen molar-refractivity contribution in [3.8, 4) is 0 Å². The van der Waals surface area contributed by atoms with Gasteiger partial charge in [0.05, 0.1) is 19.3 Å². The zero-order chi connectivity index (χ0) is 16.5. The average molecular weight is 328 g/mol. The Hall–Kier alpha value is -2.18. The lowest BCUT2D eigenvalue weighted by atomic mass is 10.0. The van der Waals surface area contributed by atoms with Crippen LogP contribution in [0, 0.1) is 0 Å². The minimum atomic E-state index is -0.360. The van der Waals surface area contributed by atoms with Crippen LogP contribution in [-0.4, -0.2) is 47.9 Å². The Morgan fingerprint density at radius 1 is 1.17 bits per heavy atom.